The maximum atomic E-state index is 5.51. The first-order valence-electron chi connectivity index (χ1n) is 16.5. The number of rotatable bonds is 5. The van der Waals surface area contributed by atoms with Crippen molar-refractivity contribution in [3.8, 4) is 22.3 Å². The fourth-order valence-corrected chi connectivity index (χ4v) is 7.24. The van der Waals surface area contributed by atoms with Gasteiger partial charge in [-0.2, -0.15) is 0 Å². The van der Waals surface area contributed by atoms with E-state index in [1.165, 1.54) is 60.1 Å². The molecule has 0 aromatic heterocycles. The number of nitrogens with one attached hydrogen (secondary N) is 2. The molecule has 0 saturated heterocycles. The van der Waals surface area contributed by atoms with Crippen molar-refractivity contribution < 1.29 is 0 Å². The normalized spacial score (nSPS) is 16.1. The van der Waals surface area contributed by atoms with Gasteiger partial charge in [0.05, 0.1) is 0 Å². The minimum atomic E-state index is -0.284. The molecule has 0 saturated carbocycles. The van der Waals surface area contributed by atoms with E-state index in [-0.39, 0.29) is 12.3 Å². The molecule has 8 aromatic carbocycles. The molecule has 9 rings (SSSR count). The smallest absolute Gasteiger partial charge is 0.133 e. The number of aliphatic imine (C=N–C) groups is 1. The summed E-state index contributed by atoms with van der Waals surface area (Å²) in [4.78, 5) is 5.51. The Balaban J connectivity index is 1.27. The lowest BCUT2D eigenvalue weighted by Gasteiger charge is -2.34. The van der Waals surface area contributed by atoms with E-state index >= 15 is 0 Å². The zero-order valence-electron chi connectivity index (χ0n) is 26.3. The van der Waals surface area contributed by atoms with Gasteiger partial charge in [-0.15, -0.1) is 0 Å². The van der Waals surface area contributed by atoms with Crippen LogP contribution >= 0.6 is 0 Å². The Morgan fingerprint density at radius 1 is 0.438 bits per heavy atom. The fraction of sp³-hybridized carbons (Fsp3) is 0.0444. The topological polar surface area (TPSA) is 36.4 Å². The Kier molecular flexibility index (Phi) is 7.03. The second-order valence-electron chi connectivity index (χ2n) is 12.4. The van der Waals surface area contributed by atoms with Crippen LogP contribution in [0.1, 0.15) is 29.0 Å². The molecule has 1 aliphatic rings. The van der Waals surface area contributed by atoms with Crippen LogP contribution in [0.25, 0.3) is 54.6 Å². The highest BCUT2D eigenvalue weighted by molar-refractivity contribution is 6.24. The average Bonchev–Trinajstić information content (AvgIpc) is 3.17. The molecule has 3 nitrogen and oxygen atoms in total. The van der Waals surface area contributed by atoms with Gasteiger partial charge in [0.15, 0.2) is 0 Å². The van der Waals surface area contributed by atoms with Crippen molar-refractivity contribution in [1.29, 1.82) is 0 Å². The highest BCUT2D eigenvalue weighted by Crippen LogP contribution is 2.37. The van der Waals surface area contributed by atoms with Crippen molar-refractivity contribution in [2.24, 2.45) is 4.99 Å². The SMILES string of the molecule is c1ccc(-c2cccc(C3N=C(c4c5ccccc5cc5c4ccc4ccccc45)NC(c4ccccc4-c4ccccc4)N3)c2)cc1. The van der Waals surface area contributed by atoms with Crippen LogP contribution in [-0.2, 0) is 0 Å². The van der Waals surface area contributed by atoms with Crippen molar-refractivity contribution in [1.82, 2.24) is 10.6 Å². The summed E-state index contributed by atoms with van der Waals surface area (Å²) >= 11 is 0. The molecular weight excluding hydrogens is 583 g/mol. The Labute approximate surface area is 280 Å². The molecule has 0 fully saturated rings. The van der Waals surface area contributed by atoms with Crippen LogP contribution in [0.2, 0.25) is 0 Å². The van der Waals surface area contributed by atoms with E-state index < -0.39 is 0 Å². The van der Waals surface area contributed by atoms with Crippen molar-refractivity contribution in [3.05, 3.63) is 193 Å². The molecule has 1 aliphatic heterocycles. The monoisotopic (exact) mass is 615 g/mol. The minimum absolute atomic E-state index is 0.200. The molecule has 0 radical (unpaired) electrons. The van der Waals surface area contributed by atoms with E-state index in [1.54, 1.807) is 0 Å². The fourth-order valence-electron chi connectivity index (χ4n) is 7.24. The molecule has 228 valence electrons. The molecule has 48 heavy (non-hydrogen) atoms. The predicted molar refractivity (Wildman–Crippen MR) is 201 cm³/mol. The second kappa shape index (κ2) is 12.0. The van der Waals surface area contributed by atoms with Crippen LogP contribution in [-0.4, -0.2) is 5.84 Å². The molecule has 3 heteroatoms. The number of nitrogens with zero attached hydrogens (tertiary/aromatic N) is 1. The molecule has 2 atom stereocenters. The average molecular weight is 616 g/mol. The van der Waals surface area contributed by atoms with Crippen molar-refractivity contribution in [3.63, 3.8) is 0 Å². The number of amidine groups is 1. The Hall–Kier alpha value is -6.03. The summed E-state index contributed by atoms with van der Waals surface area (Å²) in [5.74, 6) is 0.883. The molecule has 2 N–H and O–H groups in total. The minimum Gasteiger partial charge on any atom is -0.350 e. The van der Waals surface area contributed by atoms with Gasteiger partial charge in [0.1, 0.15) is 18.2 Å². The molecule has 8 aromatic rings. The summed E-state index contributed by atoms with van der Waals surface area (Å²) in [5.41, 5.74) is 8.16. The van der Waals surface area contributed by atoms with Crippen LogP contribution in [0.3, 0.4) is 0 Å². The third kappa shape index (κ3) is 5.02. The van der Waals surface area contributed by atoms with Gasteiger partial charge in [-0.1, -0.05) is 164 Å². The Bertz CT molecular complexity index is 2470. The molecule has 2 unspecified atom stereocenters. The summed E-state index contributed by atoms with van der Waals surface area (Å²) in [6, 6.07) is 62.8. The maximum Gasteiger partial charge on any atom is 0.133 e. The molecular formula is C45H33N3. The van der Waals surface area contributed by atoms with Crippen molar-refractivity contribution >= 4 is 38.2 Å². The van der Waals surface area contributed by atoms with Crippen LogP contribution in [0.15, 0.2) is 181 Å². The van der Waals surface area contributed by atoms with E-state index in [9.17, 15) is 0 Å². The first-order valence-corrected chi connectivity index (χ1v) is 16.5. The molecule has 0 spiro atoms. The van der Waals surface area contributed by atoms with Crippen molar-refractivity contribution in [2.45, 2.75) is 12.3 Å². The standard InChI is InChI=1S/C45H33N3/c1-3-14-30(15-4-1)33-20-13-21-35(28-33)43-46-44(40-25-12-11-22-36(40)31-16-5-2-6-17-31)48-45(47-43)42-38-24-10-8-19-34(38)29-41-37-23-9-7-18-32(37)26-27-39(41)42/h1-29,43-44,46H,(H,47,48). The van der Waals surface area contributed by atoms with Crippen LogP contribution in [0, 0.1) is 0 Å². The lowest BCUT2D eigenvalue weighted by molar-refractivity contribution is 0.410. The largest absolute Gasteiger partial charge is 0.350 e. The number of hydrogen-bond acceptors (Lipinski definition) is 3. The lowest BCUT2D eigenvalue weighted by atomic mass is 9.91. The van der Waals surface area contributed by atoms with E-state index in [0.29, 0.717) is 0 Å². The van der Waals surface area contributed by atoms with Gasteiger partial charge < -0.3 is 5.32 Å². The Morgan fingerprint density at radius 2 is 1.10 bits per heavy atom. The second-order valence-corrected chi connectivity index (χ2v) is 12.4. The zero-order chi connectivity index (χ0) is 31.9. The van der Waals surface area contributed by atoms with Gasteiger partial charge >= 0.3 is 0 Å². The molecule has 0 amide bonds. The Morgan fingerprint density at radius 3 is 1.94 bits per heavy atom. The third-order valence-electron chi connectivity index (χ3n) is 9.54. The number of hydrogen-bond donors (Lipinski definition) is 2. The maximum absolute atomic E-state index is 5.51. The van der Waals surface area contributed by atoms with Gasteiger partial charge in [-0.05, 0) is 77.8 Å². The molecule has 1 heterocycles. The third-order valence-corrected chi connectivity index (χ3v) is 9.54. The van der Waals surface area contributed by atoms with Gasteiger partial charge in [0, 0.05) is 5.56 Å². The van der Waals surface area contributed by atoms with E-state index in [2.05, 4.69) is 187 Å². The van der Waals surface area contributed by atoms with Crippen LogP contribution < -0.4 is 10.6 Å². The first-order chi connectivity index (χ1) is 23.8. The summed E-state index contributed by atoms with van der Waals surface area (Å²) < 4.78 is 0. The van der Waals surface area contributed by atoms with Gasteiger partial charge in [-0.25, -0.2) is 4.99 Å². The van der Waals surface area contributed by atoms with Crippen molar-refractivity contribution in [2.75, 3.05) is 0 Å². The van der Waals surface area contributed by atoms with E-state index in [1.807, 2.05) is 0 Å². The summed E-state index contributed by atoms with van der Waals surface area (Å²) in [6.07, 6.45) is -0.484. The van der Waals surface area contributed by atoms with Gasteiger partial charge in [0.2, 0.25) is 0 Å². The first kappa shape index (κ1) is 28.2. The lowest BCUT2D eigenvalue weighted by Crippen LogP contribution is -2.45. The van der Waals surface area contributed by atoms with Crippen LogP contribution in [0.5, 0.6) is 0 Å². The zero-order valence-corrected chi connectivity index (χ0v) is 26.3. The molecule has 0 bridgehead atoms. The highest BCUT2D eigenvalue weighted by atomic mass is 15.3. The molecule has 0 aliphatic carbocycles. The summed E-state index contributed by atoms with van der Waals surface area (Å²) in [6.45, 7) is 0. The predicted octanol–water partition coefficient (Wildman–Crippen LogP) is 10.8. The highest BCUT2D eigenvalue weighted by Gasteiger charge is 2.29. The number of benzene rings is 8. The number of fused-ring (bicyclic) bond motifs is 4. The van der Waals surface area contributed by atoms with E-state index in [0.717, 1.165) is 17.0 Å². The van der Waals surface area contributed by atoms with Gasteiger partial charge in [-0.3, -0.25) is 5.32 Å². The quantitative estimate of drug-likeness (QED) is 0.149. The van der Waals surface area contributed by atoms with Crippen LogP contribution in [0.4, 0.5) is 0 Å². The summed E-state index contributed by atoms with van der Waals surface area (Å²) in [7, 11) is 0. The van der Waals surface area contributed by atoms with Gasteiger partial charge in [0.25, 0.3) is 0 Å². The summed E-state index contributed by atoms with van der Waals surface area (Å²) in [5, 5.41) is 15.1. The van der Waals surface area contributed by atoms with E-state index in [4.69, 9.17) is 4.99 Å².